The molecule has 2 aromatic rings. The lowest BCUT2D eigenvalue weighted by molar-refractivity contribution is 0.0940. The number of aryl methyl sites for hydroxylation is 1. The maximum Gasteiger partial charge on any atom is 0.251 e. The summed E-state index contributed by atoms with van der Waals surface area (Å²) in [5.41, 5.74) is 8.26. The van der Waals surface area contributed by atoms with Crippen LogP contribution in [0.4, 0.5) is 10.1 Å². The molecule has 0 aliphatic rings. The molecule has 0 aromatic heterocycles. The van der Waals surface area contributed by atoms with Gasteiger partial charge in [-0.3, -0.25) is 4.79 Å². The third-order valence-corrected chi connectivity index (χ3v) is 3.23. The zero-order chi connectivity index (χ0) is 14.7. The van der Waals surface area contributed by atoms with Gasteiger partial charge in [-0.25, -0.2) is 4.39 Å². The van der Waals surface area contributed by atoms with Crippen LogP contribution in [0.2, 0.25) is 0 Å². The Morgan fingerprint density at radius 1 is 1.25 bits per heavy atom. The van der Waals surface area contributed by atoms with Crippen LogP contribution in [0.25, 0.3) is 0 Å². The summed E-state index contributed by atoms with van der Waals surface area (Å²) in [5, 5.41) is 2.86. The van der Waals surface area contributed by atoms with Crippen LogP contribution < -0.4 is 11.1 Å². The molecule has 0 bridgehead atoms. The summed E-state index contributed by atoms with van der Waals surface area (Å²) in [6, 6.07) is 11.5. The molecule has 0 saturated carbocycles. The SMILES string of the molecule is Cc1cc(C(=O)NC(C)c2ccccc2N)ccc1F. The van der Waals surface area contributed by atoms with Gasteiger partial charge in [0.1, 0.15) is 5.82 Å². The summed E-state index contributed by atoms with van der Waals surface area (Å²) in [6.07, 6.45) is 0. The van der Waals surface area contributed by atoms with Crippen molar-refractivity contribution in [1.29, 1.82) is 0 Å². The lowest BCUT2D eigenvalue weighted by Crippen LogP contribution is -2.27. The minimum Gasteiger partial charge on any atom is -0.398 e. The lowest BCUT2D eigenvalue weighted by atomic mass is 10.1. The molecule has 3 nitrogen and oxygen atoms in total. The van der Waals surface area contributed by atoms with E-state index in [1.165, 1.54) is 18.2 Å². The number of carbonyl (C=O) groups excluding carboxylic acids is 1. The quantitative estimate of drug-likeness (QED) is 0.843. The molecule has 2 rings (SSSR count). The molecule has 0 radical (unpaired) electrons. The van der Waals surface area contributed by atoms with E-state index in [0.717, 1.165) is 5.56 Å². The predicted molar refractivity (Wildman–Crippen MR) is 77.9 cm³/mol. The number of nitrogens with one attached hydrogen (secondary N) is 1. The minimum atomic E-state index is -0.318. The van der Waals surface area contributed by atoms with Gasteiger partial charge in [-0.1, -0.05) is 18.2 Å². The first-order valence-electron chi connectivity index (χ1n) is 6.40. The average Bonchev–Trinajstić information content (AvgIpc) is 2.42. The third-order valence-electron chi connectivity index (χ3n) is 3.23. The number of hydrogen-bond acceptors (Lipinski definition) is 2. The molecule has 0 heterocycles. The Morgan fingerprint density at radius 2 is 1.95 bits per heavy atom. The molecule has 20 heavy (non-hydrogen) atoms. The Labute approximate surface area is 117 Å². The summed E-state index contributed by atoms with van der Waals surface area (Å²) < 4.78 is 13.2. The molecule has 0 aliphatic heterocycles. The van der Waals surface area contributed by atoms with E-state index in [9.17, 15) is 9.18 Å². The van der Waals surface area contributed by atoms with Crippen LogP contribution in [0, 0.1) is 12.7 Å². The van der Waals surface area contributed by atoms with E-state index in [1.54, 1.807) is 13.0 Å². The van der Waals surface area contributed by atoms with Gasteiger partial charge in [0.2, 0.25) is 0 Å². The number of nitrogen functional groups attached to an aromatic ring is 1. The summed E-state index contributed by atoms with van der Waals surface area (Å²) in [6.45, 7) is 3.49. The van der Waals surface area contributed by atoms with Gasteiger partial charge in [-0.15, -0.1) is 0 Å². The largest absolute Gasteiger partial charge is 0.398 e. The van der Waals surface area contributed by atoms with E-state index in [0.29, 0.717) is 16.8 Å². The van der Waals surface area contributed by atoms with Crippen molar-refractivity contribution >= 4 is 11.6 Å². The first kappa shape index (κ1) is 14.1. The maximum absolute atomic E-state index is 13.2. The normalized spacial score (nSPS) is 11.9. The summed E-state index contributed by atoms with van der Waals surface area (Å²) in [5.74, 6) is -0.564. The topological polar surface area (TPSA) is 55.1 Å². The van der Waals surface area contributed by atoms with Crippen molar-refractivity contribution in [2.24, 2.45) is 0 Å². The predicted octanol–water partition coefficient (Wildman–Crippen LogP) is 3.21. The van der Waals surface area contributed by atoms with Gasteiger partial charge in [-0.05, 0) is 49.2 Å². The highest BCUT2D eigenvalue weighted by atomic mass is 19.1. The second-order valence-corrected chi connectivity index (χ2v) is 4.79. The van der Waals surface area contributed by atoms with Gasteiger partial charge in [0.05, 0.1) is 6.04 Å². The second kappa shape index (κ2) is 5.74. The molecule has 0 spiro atoms. The molecule has 1 amide bonds. The number of nitrogens with two attached hydrogens (primary N) is 1. The summed E-state index contributed by atoms with van der Waals surface area (Å²) >= 11 is 0. The van der Waals surface area contributed by atoms with Gasteiger partial charge in [0.15, 0.2) is 0 Å². The van der Waals surface area contributed by atoms with E-state index < -0.39 is 0 Å². The number of amides is 1. The first-order valence-corrected chi connectivity index (χ1v) is 6.40. The van der Waals surface area contributed by atoms with Crippen LogP contribution in [-0.4, -0.2) is 5.91 Å². The molecule has 0 aliphatic carbocycles. The average molecular weight is 272 g/mol. The van der Waals surface area contributed by atoms with Gasteiger partial charge in [0.25, 0.3) is 5.91 Å². The maximum atomic E-state index is 13.2. The van der Waals surface area contributed by atoms with Crippen LogP contribution in [0.3, 0.4) is 0 Å². The van der Waals surface area contributed by atoms with E-state index in [1.807, 2.05) is 25.1 Å². The van der Waals surface area contributed by atoms with Crippen molar-refractivity contribution < 1.29 is 9.18 Å². The van der Waals surface area contributed by atoms with Crippen molar-refractivity contribution in [2.45, 2.75) is 19.9 Å². The van der Waals surface area contributed by atoms with Gasteiger partial charge >= 0.3 is 0 Å². The summed E-state index contributed by atoms with van der Waals surface area (Å²) in [7, 11) is 0. The monoisotopic (exact) mass is 272 g/mol. The number of para-hydroxylation sites is 1. The Kier molecular flexibility index (Phi) is 4.03. The Balaban J connectivity index is 2.15. The number of rotatable bonds is 3. The zero-order valence-electron chi connectivity index (χ0n) is 11.5. The Bertz CT molecular complexity index is 640. The van der Waals surface area contributed by atoms with Crippen molar-refractivity contribution in [1.82, 2.24) is 5.32 Å². The van der Waals surface area contributed by atoms with E-state index >= 15 is 0 Å². The number of halogens is 1. The highest BCUT2D eigenvalue weighted by Crippen LogP contribution is 2.20. The van der Waals surface area contributed by atoms with E-state index in [-0.39, 0.29) is 17.8 Å². The molecular formula is C16H17FN2O. The number of benzene rings is 2. The van der Waals surface area contributed by atoms with Crippen LogP contribution in [0.1, 0.15) is 34.5 Å². The number of hydrogen-bond donors (Lipinski definition) is 2. The fourth-order valence-electron chi connectivity index (χ4n) is 2.05. The third kappa shape index (κ3) is 2.96. The molecule has 104 valence electrons. The van der Waals surface area contributed by atoms with Crippen molar-refractivity contribution in [2.75, 3.05) is 5.73 Å². The Hall–Kier alpha value is -2.36. The van der Waals surface area contributed by atoms with Crippen molar-refractivity contribution in [3.63, 3.8) is 0 Å². The molecule has 0 fully saturated rings. The fraction of sp³-hybridized carbons (Fsp3) is 0.188. The van der Waals surface area contributed by atoms with Gasteiger partial charge in [0, 0.05) is 11.3 Å². The van der Waals surface area contributed by atoms with Crippen molar-refractivity contribution in [3.05, 3.63) is 65.0 Å². The summed E-state index contributed by atoms with van der Waals surface area (Å²) in [4.78, 5) is 12.1. The number of carbonyl (C=O) groups is 1. The van der Waals surface area contributed by atoms with Crippen LogP contribution in [0.15, 0.2) is 42.5 Å². The van der Waals surface area contributed by atoms with Crippen molar-refractivity contribution in [3.8, 4) is 0 Å². The Morgan fingerprint density at radius 3 is 2.60 bits per heavy atom. The lowest BCUT2D eigenvalue weighted by Gasteiger charge is -2.16. The highest BCUT2D eigenvalue weighted by Gasteiger charge is 2.14. The first-order chi connectivity index (χ1) is 9.49. The molecule has 3 N–H and O–H groups in total. The smallest absolute Gasteiger partial charge is 0.251 e. The minimum absolute atomic E-state index is 0.214. The van der Waals surface area contributed by atoms with E-state index in [4.69, 9.17) is 5.73 Å². The van der Waals surface area contributed by atoms with Crippen LogP contribution >= 0.6 is 0 Å². The standard InChI is InChI=1S/C16H17FN2O/c1-10-9-12(7-8-14(10)17)16(20)19-11(2)13-5-3-4-6-15(13)18/h3-9,11H,18H2,1-2H3,(H,19,20). The zero-order valence-corrected chi connectivity index (χ0v) is 11.5. The fourth-order valence-corrected chi connectivity index (χ4v) is 2.05. The highest BCUT2D eigenvalue weighted by molar-refractivity contribution is 5.94. The molecule has 4 heteroatoms. The van der Waals surface area contributed by atoms with Gasteiger partial charge in [-0.2, -0.15) is 0 Å². The van der Waals surface area contributed by atoms with Gasteiger partial charge < -0.3 is 11.1 Å². The molecular weight excluding hydrogens is 255 g/mol. The second-order valence-electron chi connectivity index (χ2n) is 4.79. The molecule has 2 aromatic carbocycles. The van der Waals surface area contributed by atoms with E-state index in [2.05, 4.69) is 5.32 Å². The van der Waals surface area contributed by atoms with Crippen LogP contribution in [0.5, 0.6) is 0 Å². The molecule has 1 unspecified atom stereocenters. The van der Waals surface area contributed by atoms with Crippen LogP contribution in [-0.2, 0) is 0 Å². The molecule has 1 atom stereocenters. The molecule has 0 saturated heterocycles. The number of anilines is 1.